The zero-order chi connectivity index (χ0) is 8.81. The van der Waals surface area contributed by atoms with Gasteiger partial charge in [-0.25, -0.2) is 0 Å². The van der Waals surface area contributed by atoms with Crippen LogP contribution in [0, 0.1) is 0 Å². The van der Waals surface area contributed by atoms with Gasteiger partial charge < -0.3 is 9.84 Å². The van der Waals surface area contributed by atoms with Gasteiger partial charge in [-0.1, -0.05) is 31.5 Å². The van der Waals surface area contributed by atoms with Crippen molar-refractivity contribution in [2.45, 2.75) is 19.8 Å². The molecule has 0 aliphatic carbocycles. The highest BCUT2D eigenvalue weighted by Crippen LogP contribution is 2.18. The lowest BCUT2D eigenvalue weighted by atomic mass is 10.1. The molecule has 0 saturated carbocycles. The molecule has 0 bridgehead atoms. The SMILES string of the molecule is CCCc1ccccc1OCO. The van der Waals surface area contributed by atoms with Crippen LogP contribution >= 0.6 is 0 Å². The van der Waals surface area contributed by atoms with E-state index in [1.807, 2.05) is 24.3 Å². The van der Waals surface area contributed by atoms with Crippen LogP contribution in [0.3, 0.4) is 0 Å². The van der Waals surface area contributed by atoms with Gasteiger partial charge in [0, 0.05) is 0 Å². The quantitative estimate of drug-likeness (QED) is 0.693. The van der Waals surface area contributed by atoms with Crippen molar-refractivity contribution < 1.29 is 9.84 Å². The number of hydrogen-bond acceptors (Lipinski definition) is 2. The third kappa shape index (κ3) is 2.24. The maximum Gasteiger partial charge on any atom is 0.186 e. The van der Waals surface area contributed by atoms with E-state index in [1.54, 1.807) is 0 Å². The van der Waals surface area contributed by atoms with E-state index in [0.29, 0.717) is 0 Å². The summed E-state index contributed by atoms with van der Waals surface area (Å²) in [4.78, 5) is 0. The van der Waals surface area contributed by atoms with Crippen molar-refractivity contribution in [2.24, 2.45) is 0 Å². The number of ether oxygens (including phenoxy) is 1. The molecule has 0 aliphatic rings. The van der Waals surface area contributed by atoms with E-state index in [2.05, 4.69) is 6.92 Å². The number of aliphatic hydroxyl groups is 1. The van der Waals surface area contributed by atoms with Crippen LogP contribution in [-0.2, 0) is 6.42 Å². The smallest absolute Gasteiger partial charge is 0.186 e. The van der Waals surface area contributed by atoms with Crippen LogP contribution < -0.4 is 4.74 Å². The van der Waals surface area contributed by atoms with Gasteiger partial charge in [0.1, 0.15) is 5.75 Å². The zero-order valence-electron chi connectivity index (χ0n) is 7.29. The van der Waals surface area contributed by atoms with E-state index in [0.717, 1.165) is 24.2 Å². The Kier molecular flexibility index (Phi) is 3.61. The highest BCUT2D eigenvalue weighted by molar-refractivity contribution is 5.33. The molecule has 1 aromatic rings. The van der Waals surface area contributed by atoms with Crippen molar-refractivity contribution in [1.82, 2.24) is 0 Å². The summed E-state index contributed by atoms with van der Waals surface area (Å²) < 4.78 is 5.05. The van der Waals surface area contributed by atoms with Crippen molar-refractivity contribution in [3.63, 3.8) is 0 Å². The molecular formula is C10H14O2. The lowest BCUT2D eigenvalue weighted by Gasteiger charge is -2.07. The minimum Gasteiger partial charge on any atom is -0.467 e. The lowest BCUT2D eigenvalue weighted by Crippen LogP contribution is -1.98. The fraction of sp³-hybridized carbons (Fsp3) is 0.400. The summed E-state index contributed by atoms with van der Waals surface area (Å²) in [6.07, 6.45) is 2.09. The molecule has 1 N–H and O–H groups in total. The van der Waals surface area contributed by atoms with Gasteiger partial charge in [0.25, 0.3) is 0 Å². The first-order valence-electron chi connectivity index (χ1n) is 4.20. The Morgan fingerprint density at radius 3 is 2.75 bits per heavy atom. The largest absolute Gasteiger partial charge is 0.467 e. The third-order valence-corrected chi connectivity index (χ3v) is 1.71. The van der Waals surface area contributed by atoms with Crippen molar-refractivity contribution in [3.8, 4) is 5.75 Å². The Balaban J connectivity index is 2.77. The van der Waals surface area contributed by atoms with Crippen LogP contribution in [-0.4, -0.2) is 11.9 Å². The molecule has 0 atom stereocenters. The number of rotatable bonds is 4. The maximum atomic E-state index is 8.59. The summed E-state index contributed by atoms with van der Waals surface area (Å²) in [5.74, 6) is 0.793. The third-order valence-electron chi connectivity index (χ3n) is 1.71. The Bertz CT molecular complexity index is 208. The fourth-order valence-corrected chi connectivity index (χ4v) is 1.19. The molecule has 0 spiro atoms. The van der Waals surface area contributed by atoms with Crippen LogP contribution in [0.5, 0.6) is 5.75 Å². The van der Waals surface area contributed by atoms with Gasteiger partial charge in [-0.05, 0) is 18.1 Å². The van der Waals surface area contributed by atoms with Crippen LogP contribution in [0.25, 0.3) is 0 Å². The van der Waals surface area contributed by atoms with Crippen molar-refractivity contribution in [2.75, 3.05) is 6.79 Å². The van der Waals surface area contributed by atoms with Crippen molar-refractivity contribution in [3.05, 3.63) is 29.8 Å². The molecule has 0 aromatic heterocycles. The van der Waals surface area contributed by atoms with E-state index in [-0.39, 0.29) is 6.79 Å². The molecular weight excluding hydrogens is 152 g/mol. The maximum absolute atomic E-state index is 8.59. The first-order valence-corrected chi connectivity index (χ1v) is 4.20. The average Bonchev–Trinajstić information content (AvgIpc) is 2.09. The molecule has 1 rings (SSSR count). The van der Waals surface area contributed by atoms with E-state index >= 15 is 0 Å². The second-order valence-electron chi connectivity index (χ2n) is 2.63. The lowest BCUT2D eigenvalue weighted by molar-refractivity contribution is 0.0975. The van der Waals surface area contributed by atoms with E-state index in [4.69, 9.17) is 9.84 Å². The molecule has 2 nitrogen and oxygen atoms in total. The Hall–Kier alpha value is -1.02. The topological polar surface area (TPSA) is 29.5 Å². The van der Waals surface area contributed by atoms with Crippen molar-refractivity contribution >= 4 is 0 Å². The van der Waals surface area contributed by atoms with Crippen molar-refractivity contribution in [1.29, 1.82) is 0 Å². The Morgan fingerprint density at radius 2 is 2.08 bits per heavy atom. The number of aryl methyl sites for hydroxylation is 1. The predicted molar refractivity (Wildman–Crippen MR) is 48.2 cm³/mol. The number of aliphatic hydroxyl groups excluding tert-OH is 1. The second-order valence-corrected chi connectivity index (χ2v) is 2.63. The zero-order valence-corrected chi connectivity index (χ0v) is 7.29. The van der Waals surface area contributed by atoms with Crippen LogP contribution in [0.2, 0.25) is 0 Å². The average molecular weight is 166 g/mol. The number of para-hydroxylation sites is 1. The molecule has 0 unspecified atom stereocenters. The minimum absolute atomic E-state index is 0.249. The van der Waals surface area contributed by atoms with Crippen LogP contribution in [0.15, 0.2) is 24.3 Å². The van der Waals surface area contributed by atoms with Gasteiger partial charge in [-0.2, -0.15) is 0 Å². The molecule has 1 aromatic carbocycles. The monoisotopic (exact) mass is 166 g/mol. The second kappa shape index (κ2) is 4.78. The molecule has 66 valence electrons. The predicted octanol–water partition coefficient (Wildman–Crippen LogP) is 1.97. The van der Waals surface area contributed by atoms with Gasteiger partial charge in [0.2, 0.25) is 0 Å². The molecule has 12 heavy (non-hydrogen) atoms. The summed E-state index contributed by atoms with van der Waals surface area (Å²) in [6, 6.07) is 7.79. The normalized spacial score (nSPS) is 9.83. The van der Waals surface area contributed by atoms with Gasteiger partial charge in [-0.3, -0.25) is 0 Å². The first-order chi connectivity index (χ1) is 5.88. The molecule has 0 saturated heterocycles. The Labute approximate surface area is 72.8 Å². The fourth-order valence-electron chi connectivity index (χ4n) is 1.19. The molecule has 2 heteroatoms. The molecule has 0 amide bonds. The van der Waals surface area contributed by atoms with Gasteiger partial charge in [0.05, 0.1) is 0 Å². The summed E-state index contributed by atoms with van der Waals surface area (Å²) in [6.45, 7) is 1.87. The van der Waals surface area contributed by atoms with Gasteiger partial charge in [0.15, 0.2) is 6.79 Å². The summed E-state index contributed by atoms with van der Waals surface area (Å²) in [5.41, 5.74) is 1.16. The highest BCUT2D eigenvalue weighted by atomic mass is 16.6. The first kappa shape index (κ1) is 9.07. The molecule has 0 radical (unpaired) electrons. The standard InChI is InChI=1S/C10H14O2/c1-2-5-9-6-3-4-7-10(9)12-8-11/h3-4,6-7,11H,2,5,8H2,1H3. The number of benzene rings is 1. The van der Waals surface area contributed by atoms with E-state index in [9.17, 15) is 0 Å². The minimum atomic E-state index is -0.249. The van der Waals surface area contributed by atoms with E-state index < -0.39 is 0 Å². The molecule has 0 aliphatic heterocycles. The van der Waals surface area contributed by atoms with Gasteiger partial charge in [-0.15, -0.1) is 0 Å². The Morgan fingerprint density at radius 1 is 1.33 bits per heavy atom. The number of hydrogen-bond donors (Lipinski definition) is 1. The summed E-state index contributed by atoms with van der Waals surface area (Å²) >= 11 is 0. The molecule has 0 fully saturated rings. The summed E-state index contributed by atoms with van der Waals surface area (Å²) in [7, 11) is 0. The van der Waals surface area contributed by atoms with E-state index in [1.165, 1.54) is 0 Å². The summed E-state index contributed by atoms with van der Waals surface area (Å²) in [5, 5.41) is 8.59. The van der Waals surface area contributed by atoms with Crippen LogP contribution in [0.4, 0.5) is 0 Å². The molecule has 0 heterocycles. The van der Waals surface area contributed by atoms with Gasteiger partial charge >= 0.3 is 0 Å². The van der Waals surface area contributed by atoms with Crippen LogP contribution in [0.1, 0.15) is 18.9 Å². The highest BCUT2D eigenvalue weighted by Gasteiger charge is 1.99.